The molecule has 0 radical (unpaired) electrons. The lowest BCUT2D eigenvalue weighted by Crippen LogP contribution is -2.50. The largest absolute Gasteiger partial charge is 0.490 e. The van der Waals surface area contributed by atoms with Crippen molar-refractivity contribution in [2.75, 3.05) is 32.1 Å². The normalized spacial score (nSPS) is 17.5. The lowest BCUT2D eigenvalue weighted by Gasteiger charge is -2.30. The Labute approximate surface area is 301 Å². The first kappa shape index (κ1) is 38.5. The zero-order valence-electron chi connectivity index (χ0n) is 27.9. The van der Waals surface area contributed by atoms with Gasteiger partial charge in [-0.25, -0.2) is 0 Å². The van der Waals surface area contributed by atoms with Crippen LogP contribution in [-0.2, 0) is 21.7 Å². The van der Waals surface area contributed by atoms with Gasteiger partial charge >= 0.3 is 0 Å². The Morgan fingerprint density at radius 2 is 1.76 bits per heavy atom. The summed E-state index contributed by atoms with van der Waals surface area (Å²) in [7, 11) is 0. The topological polar surface area (TPSA) is 173 Å². The number of halogens is 1. The summed E-state index contributed by atoms with van der Waals surface area (Å²) in [6, 6.07) is 15.9. The number of rotatable bonds is 21. The summed E-state index contributed by atoms with van der Waals surface area (Å²) in [5.41, 5.74) is 3.51. The van der Waals surface area contributed by atoms with Crippen LogP contribution < -0.4 is 4.74 Å². The number of carbonyl (C=O) groups excluding carboxylic acids is 1. The number of aliphatic hydroxyl groups is 6. The van der Waals surface area contributed by atoms with Crippen molar-refractivity contribution in [3.63, 3.8) is 0 Å². The molecule has 0 saturated heterocycles. The number of thioether (sulfide) groups is 1. The second kappa shape index (κ2) is 18.1. The van der Waals surface area contributed by atoms with Crippen molar-refractivity contribution in [1.29, 1.82) is 0 Å². The highest BCUT2D eigenvalue weighted by molar-refractivity contribution is 7.99. The summed E-state index contributed by atoms with van der Waals surface area (Å²) in [6.45, 7) is -0.796. The Kier molecular flexibility index (Phi) is 13.9. The lowest BCUT2D eigenvalue weighted by atomic mass is 9.96. The van der Waals surface area contributed by atoms with Crippen molar-refractivity contribution in [2.45, 2.75) is 92.6 Å². The highest BCUT2D eigenvalue weighted by atomic mass is 35.5. The summed E-state index contributed by atoms with van der Waals surface area (Å²) >= 11 is 8.19. The third kappa shape index (κ3) is 10.2. The van der Waals surface area contributed by atoms with E-state index in [-0.39, 0.29) is 44.5 Å². The van der Waals surface area contributed by atoms with Crippen LogP contribution in [0, 0.1) is 0 Å². The number of hydrogen-bond donors (Lipinski definition) is 6. The molecule has 0 aliphatic heterocycles. The molecular formula is C37H47ClN2O9S. The molecular weight excluding hydrogens is 684 g/mol. The minimum absolute atomic E-state index is 0.147. The molecule has 2 fully saturated rings. The number of amides is 1. The van der Waals surface area contributed by atoms with Crippen LogP contribution in [0.5, 0.6) is 5.75 Å². The average molecular weight is 731 g/mol. The number of aliphatic hydroxyl groups excluding tert-OH is 6. The molecule has 5 rings (SSSR count). The second-order valence-electron chi connectivity index (χ2n) is 12.9. The molecule has 0 spiro atoms. The van der Waals surface area contributed by atoms with E-state index in [2.05, 4.69) is 11.1 Å². The molecule has 0 bridgehead atoms. The fourth-order valence-corrected chi connectivity index (χ4v) is 6.86. The smallest absolute Gasteiger partial charge is 0.222 e. The minimum atomic E-state index is -1.78. The lowest BCUT2D eigenvalue weighted by molar-refractivity contribution is -0.140. The number of ether oxygens (including phenoxy) is 2. The summed E-state index contributed by atoms with van der Waals surface area (Å²) < 4.78 is 12.8. The molecule has 13 heteroatoms. The van der Waals surface area contributed by atoms with Crippen LogP contribution in [0.2, 0.25) is 5.02 Å². The van der Waals surface area contributed by atoms with E-state index in [1.54, 1.807) is 18.0 Å². The molecule has 2 aromatic carbocycles. The average Bonchev–Trinajstić information content (AvgIpc) is 4.08. The molecule has 1 heterocycles. The second-order valence-corrected chi connectivity index (χ2v) is 14.5. The van der Waals surface area contributed by atoms with Gasteiger partial charge in [-0.05, 0) is 85.7 Å². The molecule has 1 aromatic heterocycles. The van der Waals surface area contributed by atoms with Gasteiger partial charge in [-0.3, -0.25) is 9.78 Å². The van der Waals surface area contributed by atoms with Crippen molar-refractivity contribution >= 4 is 29.3 Å². The number of hydrogen-bond acceptors (Lipinski definition) is 11. The van der Waals surface area contributed by atoms with E-state index in [4.69, 9.17) is 26.2 Å². The molecule has 3 aromatic rings. The van der Waals surface area contributed by atoms with E-state index < -0.39 is 36.6 Å². The van der Waals surface area contributed by atoms with Gasteiger partial charge in [-0.2, -0.15) is 0 Å². The van der Waals surface area contributed by atoms with Gasteiger partial charge in [0.05, 0.1) is 24.9 Å². The molecule has 11 nitrogen and oxygen atoms in total. The number of benzene rings is 2. The molecule has 272 valence electrons. The number of pyridine rings is 1. The summed E-state index contributed by atoms with van der Waals surface area (Å²) in [4.78, 5) is 19.8. The Balaban J connectivity index is 1.15. The predicted octanol–water partition coefficient (Wildman–Crippen LogP) is 3.67. The summed E-state index contributed by atoms with van der Waals surface area (Å²) in [6.07, 6.45) is 2.07. The van der Waals surface area contributed by atoms with Crippen LogP contribution in [0.15, 0.2) is 65.8 Å². The Morgan fingerprint density at radius 1 is 1.00 bits per heavy atom. The molecule has 4 atom stereocenters. The standard InChI is InChI=1S/C37H47ClN2O9S/c38-30-11-10-26(50-18-3-7-34(45)40(16-4-17-41)21-31(43)35(46)36(47)32(44)22-42)19-24(30)23-48-37(13-14-37)29-20-39-15-12-27(29)28-5-1-2-6-33(28)49-25-8-9-25/h1-2,5-6,10-12,15,19-20,25,31-32,35-36,41-44,46-47H,3-4,7-9,13-14,16-18,21-23H2/t31-,32+,35+,36+/m0/s1. The maximum atomic E-state index is 13.0. The SMILES string of the molecule is O=C(CCCSc1ccc(Cl)c(COC2(c3cnccc3-c3ccccc3OC3CC3)CC2)c1)N(CCCO)C[C@H](O)[C@@H](O)[C@H](O)[C@H](O)CO. The molecule has 2 aliphatic rings. The van der Waals surface area contributed by atoms with Gasteiger partial charge in [-0.15, -0.1) is 11.8 Å². The van der Waals surface area contributed by atoms with E-state index in [1.807, 2.05) is 48.7 Å². The van der Waals surface area contributed by atoms with Gasteiger partial charge in [-0.1, -0.05) is 29.8 Å². The first-order valence-corrected chi connectivity index (χ1v) is 18.5. The summed E-state index contributed by atoms with van der Waals surface area (Å²) in [5, 5.41) is 59.0. The monoisotopic (exact) mass is 730 g/mol. The van der Waals surface area contributed by atoms with E-state index in [9.17, 15) is 30.3 Å². The third-order valence-corrected chi connectivity index (χ3v) is 10.5. The van der Waals surface area contributed by atoms with Crippen molar-refractivity contribution < 1.29 is 44.9 Å². The minimum Gasteiger partial charge on any atom is -0.490 e. The zero-order valence-corrected chi connectivity index (χ0v) is 29.5. The number of para-hydroxylation sites is 1. The number of nitrogens with zero attached hydrogens (tertiary/aromatic N) is 2. The van der Waals surface area contributed by atoms with Gasteiger partial charge in [0.15, 0.2) is 0 Å². The Morgan fingerprint density at radius 3 is 2.48 bits per heavy atom. The third-order valence-electron chi connectivity index (χ3n) is 9.01. The van der Waals surface area contributed by atoms with Crippen LogP contribution in [0.1, 0.15) is 56.1 Å². The summed E-state index contributed by atoms with van der Waals surface area (Å²) in [5.74, 6) is 1.22. The van der Waals surface area contributed by atoms with Gasteiger partial charge in [0.2, 0.25) is 5.91 Å². The molecule has 1 amide bonds. The molecule has 2 aliphatic carbocycles. The highest BCUT2D eigenvalue weighted by Gasteiger charge is 2.48. The number of aromatic nitrogens is 1. The molecule has 50 heavy (non-hydrogen) atoms. The molecule has 0 unspecified atom stereocenters. The van der Waals surface area contributed by atoms with Crippen LogP contribution in [0.3, 0.4) is 0 Å². The van der Waals surface area contributed by atoms with Crippen LogP contribution in [0.25, 0.3) is 11.1 Å². The van der Waals surface area contributed by atoms with E-state index in [0.29, 0.717) is 23.8 Å². The van der Waals surface area contributed by atoms with Crippen LogP contribution in [-0.4, -0.2) is 109 Å². The van der Waals surface area contributed by atoms with Gasteiger partial charge in [0.25, 0.3) is 0 Å². The van der Waals surface area contributed by atoms with E-state index in [1.165, 1.54) is 4.90 Å². The quantitative estimate of drug-likeness (QED) is 0.0698. The van der Waals surface area contributed by atoms with Crippen LogP contribution in [0.4, 0.5) is 0 Å². The van der Waals surface area contributed by atoms with Crippen molar-refractivity contribution in [3.8, 4) is 16.9 Å². The fourth-order valence-electron chi connectivity index (χ4n) is 5.77. The maximum Gasteiger partial charge on any atom is 0.222 e. The van der Waals surface area contributed by atoms with Gasteiger partial charge in [0.1, 0.15) is 30.2 Å². The van der Waals surface area contributed by atoms with Gasteiger partial charge < -0.3 is 45.0 Å². The van der Waals surface area contributed by atoms with E-state index >= 15 is 0 Å². The first-order valence-electron chi connectivity index (χ1n) is 17.1. The van der Waals surface area contributed by atoms with Crippen molar-refractivity contribution in [1.82, 2.24) is 9.88 Å². The zero-order chi connectivity index (χ0) is 35.7. The molecule has 6 N–H and O–H groups in total. The van der Waals surface area contributed by atoms with Crippen molar-refractivity contribution in [3.05, 3.63) is 77.1 Å². The Bertz CT molecular complexity index is 1560. The predicted molar refractivity (Wildman–Crippen MR) is 190 cm³/mol. The first-order chi connectivity index (χ1) is 24.2. The Hall–Kier alpha value is -2.78. The van der Waals surface area contributed by atoms with E-state index in [0.717, 1.165) is 58.6 Å². The number of carbonyl (C=O) groups is 1. The fraction of sp³-hybridized carbons (Fsp3) is 0.514. The maximum absolute atomic E-state index is 13.0. The molecule has 2 saturated carbocycles. The van der Waals surface area contributed by atoms with Crippen molar-refractivity contribution in [2.24, 2.45) is 0 Å². The van der Waals surface area contributed by atoms with Crippen LogP contribution >= 0.6 is 23.4 Å². The van der Waals surface area contributed by atoms with Gasteiger partial charge in [0, 0.05) is 59.6 Å². The highest BCUT2D eigenvalue weighted by Crippen LogP contribution is 2.53.